The molecule has 3 aromatic rings. The lowest BCUT2D eigenvalue weighted by molar-refractivity contribution is -0.139. The summed E-state index contributed by atoms with van der Waals surface area (Å²) in [6.07, 6.45) is 0.749. The van der Waals surface area contributed by atoms with Gasteiger partial charge in [0.1, 0.15) is 12.6 Å². The normalized spacial score (nSPS) is 12.9. The second kappa shape index (κ2) is 13.1. The Morgan fingerprint density at radius 3 is 2.02 bits per heavy atom. The van der Waals surface area contributed by atoms with Gasteiger partial charge in [0, 0.05) is 12.6 Å². The second-order valence-electron chi connectivity index (χ2n) is 10.6. The van der Waals surface area contributed by atoms with Gasteiger partial charge < -0.3 is 10.2 Å². The highest BCUT2D eigenvalue weighted by molar-refractivity contribution is 7.92. The Bertz CT molecular complexity index is 1430. The van der Waals surface area contributed by atoms with Gasteiger partial charge in [-0.1, -0.05) is 55.0 Å². The topological polar surface area (TPSA) is 86.8 Å². The van der Waals surface area contributed by atoms with E-state index in [0.29, 0.717) is 5.69 Å². The molecule has 8 heteroatoms. The number of anilines is 1. The van der Waals surface area contributed by atoms with Crippen molar-refractivity contribution in [2.75, 3.05) is 10.8 Å². The van der Waals surface area contributed by atoms with E-state index in [1.807, 2.05) is 71.9 Å². The van der Waals surface area contributed by atoms with Gasteiger partial charge in [0.2, 0.25) is 11.8 Å². The van der Waals surface area contributed by atoms with Crippen LogP contribution >= 0.6 is 0 Å². The quantitative estimate of drug-likeness (QED) is 0.336. The van der Waals surface area contributed by atoms with Crippen molar-refractivity contribution >= 4 is 27.5 Å². The van der Waals surface area contributed by atoms with Crippen molar-refractivity contribution in [2.45, 2.75) is 78.4 Å². The fourth-order valence-electron chi connectivity index (χ4n) is 4.48. The summed E-state index contributed by atoms with van der Waals surface area (Å²) >= 11 is 0. The van der Waals surface area contributed by atoms with E-state index in [4.69, 9.17) is 0 Å². The minimum atomic E-state index is -4.10. The molecule has 0 fully saturated rings. The maximum atomic E-state index is 14.1. The fourth-order valence-corrected chi connectivity index (χ4v) is 5.88. The van der Waals surface area contributed by atoms with Gasteiger partial charge >= 0.3 is 0 Å². The van der Waals surface area contributed by atoms with Crippen LogP contribution in [0.3, 0.4) is 0 Å². The lowest BCUT2D eigenvalue weighted by Crippen LogP contribution is -2.52. The number of rotatable bonds is 11. The monoisotopic (exact) mass is 563 g/mol. The van der Waals surface area contributed by atoms with Crippen LogP contribution in [0.25, 0.3) is 0 Å². The van der Waals surface area contributed by atoms with E-state index in [9.17, 15) is 18.0 Å². The van der Waals surface area contributed by atoms with Gasteiger partial charge in [0.15, 0.2) is 0 Å². The summed E-state index contributed by atoms with van der Waals surface area (Å²) in [6.45, 7) is 12.9. The number of nitrogens with zero attached hydrogens (tertiary/aromatic N) is 2. The molecule has 0 aliphatic rings. The molecule has 0 aliphatic carbocycles. The number of benzene rings is 3. The molecule has 0 heterocycles. The number of hydrogen-bond acceptors (Lipinski definition) is 4. The van der Waals surface area contributed by atoms with Crippen LogP contribution in [-0.2, 0) is 26.2 Å². The molecule has 0 aromatic heterocycles. The third-order valence-corrected chi connectivity index (χ3v) is 8.94. The largest absolute Gasteiger partial charge is 0.352 e. The van der Waals surface area contributed by atoms with E-state index >= 15 is 0 Å². The van der Waals surface area contributed by atoms with Crippen LogP contribution in [-0.4, -0.2) is 43.8 Å². The lowest BCUT2D eigenvalue weighted by Gasteiger charge is -2.33. The molecule has 3 aromatic carbocycles. The summed E-state index contributed by atoms with van der Waals surface area (Å²) < 4.78 is 29.2. The third kappa shape index (κ3) is 7.50. The summed E-state index contributed by atoms with van der Waals surface area (Å²) in [5.41, 5.74) is 4.96. The number of hydrogen-bond donors (Lipinski definition) is 1. The molecule has 0 bridgehead atoms. The van der Waals surface area contributed by atoms with Crippen LogP contribution in [0.2, 0.25) is 0 Å². The maximum Gasteiger partial charge on any atom is 0.264 e. The number of nitrogens with one attached hydrogen (secondary N) is 1. The minimum absolute atomic E-state index is 0.0564. The zero-order valence-electron chi connectivity index (χ0n) is 24.6. The first kappa shape index (κ1) is 30.9. The van der Waals surface area contributed by atoms with Crippen molar-refractivity contribution in [2.24, 2.45) is 0 Å². The second-order valence-corrected chi connectivity index (χ2v) is 12.5. The predicted molar refractivity (Wildman–Crippen MR) is 161 cm³/mol. The number of sulfonamides is 1. The first-order chi connectivity index (χ1) is 18.8. The van der Waals surface area contributed by atoms with E-state index in [1.54, 1.807) is 43.3 Å². The molecule has 2 amide bonds. The first-order valence-electron chi connectivity index (χ1n) is 13.7. The molecule has 7 nitrogen and oxygen atoms in total. The van der Waals surface area contributed by atoms with Crippen molar-refractivity contribution in [1.82, 2.24) is 10.2 Å². The summed E-state index contributed by atoms with van der Waals surface area (Å²) in [5, 5.41) is 2.96. The number of carbonyl (C=O) groups excluding carboxylic acids is 2. The zero-order chi connectivity index (χ0) is 29.6. The Kier molecular flexibility index (Phi) is 10.1. The molecule has 0 spiro atoms. The number of amides is 2. The van der Waals surface area contributed by atoms with Gasteiger partial charge in [-0.2, -0.15) is 0 Å². The van der Waals surface area contributed by atoms with Crippen LogP contribution in [0, 0.1) is 27.7 Å². The predicted octanol–water partition coefficient (Wildman–Crippen LogP) is 5.45. The van der Waals surface area contributed by atoms with Crippen LogP contribution in [0.5, 0.6) is 0 Å². The lowest BCUT2D eigenvalue weighted by atomic mass is 10.1. The average Bonchev–Trinajstić information content (AvgIpc) is 2.90. The average molecular weight is 564 g/mol. The Balaban J connectivity index is 2.07. The van der Waals surface area contributed by atoms with Gasteiger partial charge in [-0.25, -0.2) is 8.42 Å². The summed E-state index contributed by atoms with van der Waals surface area (Å²) in [5.74, 6) is -0.750. The highest BCUT2D eigenvalue weighted by Gasteiger charge is 2.33. The minimum Gasteiger partial charge on any atom is -0.352 e. The molecule has 3 rings (SSSR count). The number of carbonyl (C=O) groups is 2. The summed E-state index contributed by atoms with van der Waals surface area (Å²) in [7, 11) is -4.10. The van der Waals surface area contributed by atoms with E-state index in [1.165, 1.54) is 4.90 Å². The highest BCUT2D eigenvalue weighted by atomic mass is 32.2. The van der Waals surface area contributed by atoms with Gasteiger partial charge in [0.05, 0.1) is 10.6 Å². The van der Waals surface area contributed by atoms with E-state index in [-0.39, 0.29) is 23.4 Å². The van der Waals surface area contributed by atoms with Crippen LogP contribution in [0.4, 0.5) is 5.69 Å². The smallest absolute Gasteiger partial charge is 0.264 e. The van der Waals surface area contributed by atoms with Gasteiger partial charge in [-0.15, -0.1) is 0 Å². The van der Waals surface area contributed by atoms with Gasteiger partial charge in [-0.3, -0.25) is 13.9 Å². The summed E-state index contributed by atoms with van der Waals surface area (Å²) in [6, 6.07) is 18.9. The van der Waals surface area contributed by atoms with E-state index in [0.717, 1.165) is 38.5 Å². The molecule has 2 unspecified atom stereocenters. The highest BCUT2D eigenvalue weighted by Crippen LogP contribution is 2.27. The Morgan fingerprint density at radius 1 is 0.850 bits per heavy atom. The SMILES string of the molecule is CCC(C)NC(=O)C(C)N(Cc1ccccc1C)C(=O)CN(c1cc(C)cc(C)c1)S(=O)(=O)c1ccc(C)cc1. The van der Waals surface area contributed by atoms with E-state index < -0.39 is 28.5 Å². The Labute approximate surface area is 239 Å². The molecule has 0 saturated heterocycles. The molecular formula is C32H41N3O4S. The van der Waals surface area contributed by atoms with Crippen molar-refractivity contribution in [1.29, 1.82) is 0 Å². The van der Waals surface area contributed by atoms with Gasteiger partial charge in [0.25, 0.3) is 10.0 Å². The van der Waals surface area contributed by atoms with E-state index in [2.05, 4.69) is 5.32 Å². The standard InChI is InChI=1S/C32H41N3O4S/c1-8-26(6)33-32(37)27(7)34(20-28-12-10-9-11-25(28)5)31(36)21-35(29-18-23(3)17-24(4)19-29)40(38,39)30-15-13-22(2)14-16-30/h9-19,26-27H,8,20-21H2,1-7H3,(H,33,37). The molecule has 40 heavy (non-hydrogen) atoms. The number of aryl methyl sites for hydroxylation is 4. The molecule has 2 atom stereocenters. The molecular weight excluding hydrogens is 522 g/mol. The molecule has 0 saturated carbocycles. The molecule has 0 aliphatic heterocycles. The third-order valence-electron chi connectivity index (χ3n) is 7.15. The summed E-state index contributed by atoms with van der Waals surface area (Å²) in [4.78, 5) is 28.8. The fraction of sp³-hybridized carbons (Fsp3) is 0.375. The van der Waals surface area contributed by atoms with Crippen LogP contribution < -0.4 is 9.62 Å². The molecule has 0 radical (unpaired) electrons. The van der Waals surface area contributed by atoms with Crippen molar-refractivity contribution in [3.63, 3.8) is 0 Å². The maximum absolute atomic E-state index is 14.1. The molecule has 214 valence electrons. The Hall–Kier alpha value is -3.65. The van der Waals surface area contributed by atoms with Crippen LogP contribution in [0.15, 0.2) is 71.6 Å². The Morgan fingerprint density at radius 2 is 1.45 bits per heavy atom. The molecule has 1 N–H and O–H groups in total. The van der Waals surface area contributed by atoms with Crippen LogP contribution in [0.1, 0.15) is 55.0 Å². The van der Waals surface area contributed by atoms with Gasteiger partial charge in [-0.05, 0) is 94.5 Å². The van der Waals surface area contributed by atoms with Crippen molar-refractivity contribution in [3.8, 4) is 0 Å². The van der Waals surface area contributed by atoms with Crippen molar-refractivity contribution < 1.29 is 18.0 Å². The first-order valence-corrected chi connectivity index (χ1v) is 15.1. The van der Waals surface area contributed by atoms with Crippen molar-refractivity contribution in [3.05, 3.63) is 94.5 Å². The zero-order valence-corrected chi connectivity index (χ0v) is 25.4.